The highest BCUT2D eigenvalue weighted by atomic mass is 16.5. The molecule has 0 bridgehead atoms. The first-order chi connectivity index (χ1) is 13.7. The standard InChI is InChI=1S/C10H21N.C9H19NO.C4H10.C3H8/c1-5-11-7-6-9(4)10(11)8(2)3;1-7(2)9-8(11-4)5-6-10(9)3;1-3-4-2;1-3-2/h8-10H,5-7H2,1-4H3;7-9H,5-6H2,1-4H3;3-4H2,1-2H3;3H2,1-2H3. The predicted octanol–water partition coefficient (Wildman–Crippen LogP) is 6.96. The van der Waals surface area contributed by atoms with Gasteiger partial charge in [-0.25, -0.2) is 0 Å². The predicted molar refractivity (Wildman–Crippen MR) is 133 cm³/mol. The van der Waals surface area contributed by atoms with Crippen molar-refractivity contribution in [3.05, 3.63) is 0 Å². The molecule has 0 spiro atoms. The van der Waals surface area contributed by atoms with Crippen LogP contribution in [0.2, 0.25) is 0 Å². The van der Waals surface area contributed by atoms with E-state index in [0.29, 0.717) is 18.1 Å². The third-order valence-electron chi connectivity index (χ3n) is 6.11. The number of hydrogen-bond donors (Lipinski definition) is 0. The molecule has 0 radical (unpaired) electrons. The monoisotopic (exact) mass is 414 g/mol. The average molecular weight is 415 g/mol. The lowest BCUT2D eigenvalue weighted by Crippen LogP contribution is -2.37. The maximum absolute atomic E-state index is 5.41. The van der Waals surface area contributed by atoms with Crippen molar-refractivity contribution in [3.63, 3.8) is 0 Å². The summed E-state index contributed by atoms with van der Waals surface area (Å²) in [4.78, 5) is 5.02. The number of ether oxygens (including phenoxy) is 1. The number of nitrogens with zero attached hydrogens (tertiary/aromatic N) is 2. The zero-order valence-electron chi connectivity index (χ0n) is 22.4. The van der Waals surface area contributed by atoms with Gasteiger partial charge in [-0.05, 0) is 50.7 Å². The molecule has 0 saturated carbocycles. The third-order valence-corrected chi connectivity index (χ3v) is 6.11. The molecule has 178 valence electrons. The number of likely N-dealkylation sites (N-methyl/N-ethyl adjacent to an activating group) is 1. The summed E-state index contributed by atoms with van der Waals surface area (Å²) in [6.45, 7) is 26.2. The molecule has 2 aliphatic rings. The van der Waals surface area contributed by atoms with E-state index in [2.05, 4.69) is 86.1 Å². The minimum Gasteiger partial charge on any atom is -0.380 e. The number of likely N-dealkylation sites (tertiary alicyclic amines) is 2. The zero-order chi connectivity index (χ0) is 23.0. The van der Waals surface area contributed by atoms with Gasteiger partial charge >= 0.3 is 0 Å². The summed E-state index contributed by atoms with van der Waals surface area (Å²) in [5.41, 5.74) is 0. The Morgan fingerprint density at radius 1 is 0.828 bits per heavy atom. The van der Waals surface area contributed by atoms with E-state index in [1.807, 2.05) is 7.11 Å². The number of hydrogen-bond acceptors (Lipinski definition) is 3. The van der Waals surface area contributed by atoms with Gasteiger partial charge in [0.15, 0.2) is 0 Å². The first kappa shape index (κ1) is 31.1. The van der Waals surface area contributed by atoms with Crippen molar-refractivity contribution >= 4 is 0 Å². The zero-order valence-corrected chi connectivity index (χ0v) is 22.4. The smallest absolute Gasteiger partial charge is 0.0741 e. The van der Waals surface area contributed by atoms with Crippen LogP contribution in [-0.2, 0) is 4.74 Å². The first-order valence-electron chi connectivity index (χ1n) is 12.6. The van der Waals surface area contributed by atoms with Crippen LogP contribution < -0.4 is 0 Å². The maximum atomic E-state index is 5.41. The van der Waals surface area contributed by atoms with Crippen molar-refractivity contribution in [2.45, 2.75) is 120 Å². The Morgan fingerprint density at radius 2 is 1.31 bits per heavy atom. The van der Waals surface area contributed by atoms with Crippen molar-refractivity contribution in [1.29, 1.82) is 0 Å². The van der Waals surface area contributed by atoms with Crippen LogP contribution in [0.3, 0.4) is 0 Å². The highest BCUT2D eigenvalue weighted by molar-refractivity contribution is 4.88. The molecule has 2 aliphatic heterocycles. The van der Waals surface area contributed by atoms with Crippen LogP contribution in [0.1, 0.15) is 101 Å². The highest BCUT2D eigenvalue weighted by Gasteiger charge is 2.33. The lowest BCUT2D eigenvalue weighted by atomic mass is 9.93. The SMILES string of the molecule is CCC.CCCC.CCN1CCC(C)C1C(C)C.COC1CCN(C)C1C(C)C. The topological polar surface area (TPSA) is 15.7 Å². The average Bonchev–Trinajstić information content (AvgIpc) is 3.25. The highest BCUT2D eigenvalue weighted by Crippen LogP contribution is 2.28. The van der Waals surface area contributed by atoms with E-state index in [0.717, 1.165) is 17.9 Å². The Morgan fingerprint density at radius 3 is 1.59 bits per heavy atom. The Bertz CT molecular complexity index is 314. The molecule has 3 nitrogen and oxygen atoms in total. The Hall–Kier alpha value is -0.120. The Labute approximate surface area is 186 Å². The van der Waals surface area contributed by atoms with E-state index in [-0.39, 0.29) is 0 Å². The van der Waals surface area contributed by atoms with Gasteiger partial charge in [-0.2, -0.15) is 0 Å². The number of methoxy groups -OCH3 is 1. The summed E-state index contributed by atoms with van der Waals surface area (Å²) in [5.74, 6) is 2.44. The van der Waals surface area contributed by atoms with E-state index in [9.17, 15) is 0 Å². The molecule has 0 aromatic heterocycles. The minimum absolute atomic E-state index is 0.458. The summed E-state index contributed by atoms with van der Waals surface area (Å²) >= 11 is 0. The molecule has 3 heteroatoms. The van der Waals surface area contributed by atoms with Gasteiger partial charge in [-0.15, -0.1) is 0 Å². The van der Waals surface area contributed by atoms with Crippen LogP contribution >= 0.6 is 0 Å². The summed E-state index contributed by atoms with van der Waals surface area (Å²) in [6.07, 6.45) is 6.94. The fraction of sp³-hybridized carbons (Fsp3) is 1.00. The van der Waals surface area contributed by atoms with Gasteiger partial charge < -0.3 is 14.5 Å². The summed E-state index contributed by atoms with van der Waals surface area (Å²) in [5, 5.41) is 0. The van der Waals surface area contributed by atoms with Crippen molar-refractivity contribution in [2.24, 2.45) is 17.8 Å². The van der Waals surface area contributed by atoms with E-state index in [1.54, 1.807) is 0 Å². The quantitative estimate of drug-likeness (QED) is 0.483. The van der Waals surface area contributed by atoms with Crippen LogP contribution in [0, 0.1) is 17.8 Å². The van der Waals surface area contributed by atoms with Gasteiger partial charge in [0.05, 0.1) is 6.10 Å². The van der Waals surface area contributed by atoms with Gasteiger partial charge in [0.25, 0.3) is 0 Å². The van der Waals surface area contributed by atoms with Crippen molar-refractivity contribution in [1.82, 2.24) is 9.80 Å². The van der Waals surface area contributed by atoms with Crippen molar-refractivity contribution < 1.29 is 4.74 Å². The fourth-order valence-corrected chi connectivity index (χ4v) is 4.63. The molecule has 0 aliphatic carbocycles. The van der Waals surface area contributed by atoms with E-state index in [4.69, 9.17) is 4.74 Å². The Balaban J connectivity index is 0. The molecule has 2 saturated heterocycles. The Kier molecular flexibility index (Phi) is 20.0. The molecule has 4 atom stereocenters. The first-order valence-corrected chi connectivity index (χ1v) is 12.6. The minimum atomic E-state index is 0.458. The summed E-state index contributed by atoms with van der Waals surface area (Å²) in [7, 11) is 4.00. The third kappa shape index (κ3) is 12.4. The van der Waals surface area contributed by atoms with Gasteiger partial charge in [0.2, 0.25) is 0 Å². The molecule has 0 amide bonds. The van der Waals surface area contributed by atoms with Gasteiger partial charge in [-0.1, -0.05) is 88.5 Å². The maximum Gasteiger partial charge on any atom is 0.0741 e. The van der Waals surface area contributed by atoms with Crippen LogP contribution in [-0.4, -0.2) is 61.8 Å². The summed E-state index contributed by atoms with van der Waals surface area (Å²) < 4.78 is 5.41. The molecular weight excluding hydrogens is 356 g/mol. The molecular formula is C26H58N2O. The fourth-order valence-electron chi connectivity index (χ4n) is 4.63. The van der Waals surface area contributed by atoms with Gasteiger partial charge in [0, 0.05) is 25.7 Å². The molecule has 29 heavy (non-hydrogen) atoms. The second-order valence-corrected chi connectivity index (χ2v) is 9.61. The number of unbranched alkanes of at least 4 members (excludes halogenated alkanes) is 1. The van der Waals surface area contributed by atoms with E-state index >= 15 is 0 Å². The molecule has 0 aromatic carbocycles. The van der Waals surface area contributed by atoms with E-state index < -0.39 is 0 Å². The van der Waals surface area contributed by atoms with Crippen molar-refractivity contribution in [2.75, 3.05) is 33.8 Å². The normalized spacial score (nSPS) is 27.1. The van der Waals surface area contributed by atoms with Crippen molar-refractivity contribution in [3.8, 4) is 0 Å². The molecule has 0 aromatic rings. The van der Waals surface area contributed by atoms with Crippen LogP contribution in [0.5, 0.6) is 0 Å². The lowest BCUT2D eigenvalue weighted by molar-refractivity contribution is 0.0531. The summed E-state index contributed by atoms with van der Waals surface area (Å²) in [6, 6.07) is 1.47. The van der Waals surface area contributed by atoms with E-state index in [1.165, 1.54) is 51.7 Å². The second kappa shape index (κ2) is 18.6. The largest absolute Gasteiger partial charge is 0.380 e. The molecule has 0 N–H and O–H groups in total. The van der Waals surface area contributed by atoms with Crippen LogP contribution in [0.25, 0.3) is 0 Å². The number of rotatable bonds is 5. The van der Waals surface area contributed by atoms with Crippen LogP contribution in [0.4, 0.5) is 0 Å². The van der Waals surface area contributed by atoms with Gasteiger partial charge in [0.1, 0.15) is 0 Å². The second-order valence-electron chi connectivity index (χ2n) is 9.61. The molecule has 2 rings (SSSR count). The lowest BCUT2D eigenvalue weighted by Gasteiger charge is -2.28. The molecule has 4 unspecified atom stereocenters. The van der Waals surface area contributed by atoms with Crippen LogP contribution in [0.15, 0.2) is 0 Å². The molecule has 2 heterocycles. The molecule has 2 fully saturated rings. The van der Waals surface area contributed by atoms with Gasteiger partial charge in [-0.3, -0.25) is 0 Å².